The summed E-state index contributed by atoms with van der Waals surface area (Å²) in [5.41, 5.74) is 10.3. The summed E-state index contributed by atoms with van der Waals surface area (Å²) >= 11 is 0. The highest BCUT2D eigenvalue weighted by molar-refractivity contribution is 6.24. The third-order valence-corrected chi connectivity index (χ3v) is 8.58. The number of hydrogen-bond acceptors (Lipinski definition) is 5. The fraction of sp³-hybridized carbons (Fsp3) is 0.281. The van der Waals surface area contributed by atoms with Crippen molar-refractivity contribution in [2.24, 2.45) is 11.8 Å². The predicted octanol–water partition coefficient (Wildman–Crippen LogP) is 3.64. The van der Waals surface area contributed by atoms with Crippen LogP contribution in [0.15, 0.2) is 18.0 Å². The van der Waals surface area contributed by atoms with Gasteiger partial charge in [-0.1, -0.05) is 26.5 Å². The van der Waals surface area contributed by atoms with E-state index in [2.05, 4.69) is 39.8 Å². The summed E-state index contributed by atoms with van der Waals surface area (Å²) in [6, 6.07) is 0. The van der Waals surface area contributed by atoms with E-state index in [0.29, 0.717) is 40.6 Å². The average molecular weight is 537 g/mol. The molecule has 0 radical (unpaired) electrons. The second kappa shape index (κ2) is 9.26. The summed E-state index contributed by atoms with van der Waals surface area (Å²) in [4.78, 5) is 49.4. The topological polar surface area (TPSA) is 120 Å². The van der Waals surface area contributed by atoms with Crippen LogP contribution < -0.4 is 16.0 Å². The highest BCUT2D eigenvalue weighted by Gasteiger charge is 2.46. The second-order valence-corrected chi connectivity index (χ2v) is 10.8. The number of carbonyl (C=O) groups excluding carboxylic acids is 3. The Balaban J connectivity index is 1.74. The summed E-state index contributed by atoms with van der Waals surface area (Å²) in [5.74, 6) is -1.75. The summed E-state index contributed by atoms with van der Waals surface area (Å²) < 4.78 is 5.09. The zero-order valence-electron chi connectivity index (χ0n) is 23.3. The number of fused-ring (bicyclic) bond motifs is 7. The Kier molecular flexibility index (Phi) is 5.94. The van der Waals surface area contributed by atoms with E-state index < -0.39 is 11.9 Å². The van der Waals surface area contributed by atoms with Gasteiger partial charge in [-0.25, -0.2) is 0 Å². The average Bonchev–Trinajstić information content (AvgIpc) is 3.69. The van der Waals surface area contributed by atoms with E-state index in [-0.39, 0.29) is 11.7 Å². The molecule has 2 atom stereocenters. The molecule has 0 aromatic carbocycles. The zero-order valence-corrected chi connectivity index (χ0v) is 23.3. The number of ketones is 1. The van der Waals surface area contributed by atoms with Crippen molar-refractivity contribution in [3.05, 3.63) is 84.8 Å². The molecule has 3 aliphatic rings. The Morgan fingerprint density at radius 3 is 2.45 bits per heavy atom. The van der Waals surface area contributed by atoms with E-state index in [1.54, 1.807) is 0 Å². The van der Waals surface area contributed by atoms with Gasteiger partial charge < -0.3 is 25.0 Å². The van der Waals surface area contributed by atoms with Crippen molar-refractivity contribution in [3.63, 3.8) is 0 Å². The lowest BCUT2D eigenvalue weighted by molar-refractivity contribution is -0.141. The van der Waals surface area contributed by atoms with Crippen LogP contribution in [0.25, 0.3) is 29.9 Å². The second-order valence-electron chi connectivity index (χ2n) is 10.8. The van der Waals surface area contributed by atoms with Gasteiger partial charge in [0.25, 0.3) is 0 Å². The molecule has 6 rings (SSSR count). The molecule has 5 heterocycles. The van der Waals surface area contributed by atoms with Crippen LogP contribution in [0.2, 0.25) is 0 Å². The highest BCUT2D eigenvalue weighted by Crippen LogP contribution is 2.45. The van der Waals surface area contributed by atoms with Gasteiger partial charge in [-0.15, -0.1) is 0 Å². The van der Waals surface area contributed by atoms with Crippen LogP contribution in [-0.2, 0) is 16.0 Å². The van der Waals surface area contributed by atoms with E-state index in [1.807, 2.05) is 39.0 Å². The molecule has 8 heteroatoms. The summed E-state index contributed by atoms with van der Waals surface area (Å²) in [7, 11) is 1.31. The molecule has 1 aliphatic carbocycles. The molecule has 40 heavy (non-hydrogen) atoms. The number of aromatic nitrogens is 3. The lowest BCUT2D eigenvalue weighted by atomic mass is 9.95. The largest absolute Gasteiger partial charge is 0.468 e. The van der Waals surface area contributed by atoms with Crippen LogP contribution in [-0.4, -0.2) is 40.1 Å². The van der Waals surface area contributed by atoms with Crippen LogP contribution >= 0.6 is 0 Å². The van der Waals surface area contributed by atoms with Gasteiger partial charge in [0.15, 0.2) is 12.1 Å². The lowest BCUT2D eigenvalue weighted by Crippen LogP contribution is -2.24. The number of methoxy groups -OCH3 is 1. The Hall–Kier alpha value is -4.59. The minimum absolute atomic E-state index is 0.124. The summed E-state index contributed by atoms with van der Waals surface area (Å²) in [5, 5.41) is 5.03. The molecule has 8 nitrogen and oxygen atoms in total. The Bertz CT molecular complexity index is 1840. The van der Waals surface area contributed by atoms with Crippen LogP contribution in [0.5, 0.6) is 0 Å². The lowest BCUT2D eigenvalue weighted by Gasteiger charge is -2.13. The molecule has 0 saturated carbocycles. The van der Waals surface area contributed by atoms with E-state index >= 15 is 0 Å². The standard InChI is InChI=1S/C32H32N4O4/c1-7-17-15(4)21-10-20-14(3)9-26(33-20)28-29(32(39)40-6)31(38)27-16(5)22(36-30(27)28)11-24-18(8-2)19(13-37)25(35-24)12-23(17)34-21/h7,10-14,29,33-36H,1,8-9H2,2-6H3/b20-10-,24-11-,25-12-,28-26-/t14-,29+/m0/s1. The van der Waals surface area contributed by atoms with Gasteiger partial charge in [0.1, 0.15) is 5.92 Å². The summed E-state index contributed by atoms with van der Waals surface area (Å²) in [6.07, 6.45) is 9.97. The monoisotopic (exact) mass is 536 g/mol. The van der Waals surface area contributed by atoms with Crippen molar-refractivity contribution in [2.45, 2.75) is 40.5 Å². The molecule has 1 saturated heterocycles. The fourth-order valence-electron chi connectivity index (χ4n) is 6.44. The first-order valence-corrected chi connectivity index (χ1v) is 13.5. The van der Waals surface area contributed by atoms with Crippen molar-refractivity contribution in [3.8, 4) is 0 Å². The number of hydrogen-bond donors (Lipinski definition) is 4. The SMILES string of the molecule is C=Cc1c2[nH]c(c1C)/C=C1\N/C(=C3\c4[nH]c(c(C)c4C(=O)[C@@H]3C(=O)OC)/C=c3\[nH]/c(c(C=O)c3CC)=C\2)C[C@@H]1C. The van der Waals surface area contributed by atoms with Crippen LogP contribution in [0.4, 0.5) is 0 Å². The first-order valence-electron chi connectivity index (χ1n) is 13.5. The first kappa shape index (κ1) is 25.7. The molecular weight excluding hydrogens is 504 g/mol. The van der Waals surface area contributed by atoms with Gasteiger partial charge in [0.05, 0.1) is 18.2 Å². The number of esters is 1. The molecule has 1 fully saturated rings. The molecule has 0 amide bonds. The third kappa shape index (κ3) is 3.55. The van der Waals surface area contributed by atoms with Crippen molar-refractivity contribution >= 4 is 47.9 Å². The van der Waals surface area contributed by atoms with Crippen LogP contribution in [0.1, 0.15) is 86.0 Å². The van der Waals surface area contributed by atoms with Crippen molar-refractivity contribution in [1.82, 2.24) is 20.3 Å². The number of allylic oxidation sites excluding steroid dienone is 2. The smallest absolute Gasteiger partial charge is 0.321 e. The van der Waals surface area contributed by atoms with Crippen LogP contribution in [0.3, 0.4) is 0 Å². The van der Waals surface area contributed by atoms with E-state index in [0.717, 1.165) is 62.4 Å². The van der Waals surface area contributed by atoms with Gasteiger partial charge >= 0.3 is 5.97 Å². The molecule has 3 aromatic heterocycles. The maximum Gasteiger partial charge on any atom is 0.321 e. The number of nitrogens with one attached hydrogen (secondary N) is 4. The number of Topliss-reactive ketones (excluding diaryl/α,β-unsaturated/α-hetero) is 1. The van der Waals surface area contributed by atoms with Gasteiger partial charge in [0.2, 0.25) is 0 Å². The minimum Gasteiger partial charge on any atom is -0.468 e. The maximum atomic E-state index is 13.7. The van der Waals surface area contributed by atoms with Crippen molar-refractivity contribution in [2.75, 3.05) is 7.11 Å². The van der Waals surface area contributed by atoms with Gasteiger partial charge in [0, 0.05) is 62.0 Å². The number of rotatable bonds is 4. The quantitative estimate of drug-likeness (QED) is 0.231. The normalized spacial score (nSPS) is 23.9. The number of carbonyl (C=O) groups is 3. The molecule has 3 aromatic rings. The molecule has 4 N–H and O–H groups in total. The summed E-state index contributed by atoms with van der Waals surface area (Å²) in [6.45, 7) is 12.1. The number of H-pyrrole nitrogens is 3. The maximum absolute atomic E-state index is 13.7. The van der Waals surface area contributed by atoms with E-state index in [1.165, 1.54) is 7.11 Å². The minimum atomic E-state index is -1.03. The molecule has 0 unspecified atom stereocenters. The first-order chi connectivity index (χ1) is 19.2. The Morgan fingerprint density at radius 2 is 1.77 bits per heavy atom. The van der Waals surface area contributed by atoms with Gasteiger partial charge in [-0.2, -0.15) is 0 Å². The number of aldehydes is 1. The molecule has 2 aliphatic heterocycles. The van der Waals surface area contributed by atoms with Gasteiger partial charge in [-0.05, 0) is 61.6 Å². The number of aromatic amines is 3. The predicted molar refractivity (Wildman–Crippen MR) is 155 cm³/mol. The molecule has 204 valence electrons. The highest BCUT2D eigenvalue weighted by atomic mass is 16.5. The molecule has 0 spiro atoms. The number of ether oxygens (including phenoxy) is 1. The van der Waals surface area contributed by atoms with E-state index in [4.69, 9.17) is 4.74 Å². The zero-order chi connectivity index (χ0) is 28.5. The van der Waals surface area contributed by atoms with Crippen molar-refractivity contribution < 1.29 is 19.1 Å². The molecular formula is C32H32N4O4. The van der Waals surface area contributed by atoms with Gasteiger partial charge in [-0.3, -0.25) is 14.4 Å². The third-order valence-electron chi connectivity index (χ3n) is 8.58. The van der Waals surface area contributed by atoms with Crippen LogP contribution in [0, 0.1) is 25.7 Å². The Morgan fingerprint density at radius 1 is 1.05 bits per heavy atom. The fourth-order valence-corrected chi connectivity index (χ4v) is 6.44. The van der Waals surface area contributed by atoms with E-state index in [9.17, 15) is 14.4 Å². The molecule has 8 bridgehead atoms. The van der Waals surface area contributed by atoms with Crippen molar-refractivity contribution in [1.29, 1.82) is 0 Å². The Labute approximate surface area is 231 Å².